The molecule has 6 heteroatoms. The van der Waals surface area contributed by atoms with Crippen LogP contribution >= 0.6 is 0 Å². The molecule has 0 radical (unpaired) electrons. The Bertz CT molecular complexity index is 1820. The molecule has 0 amide bonds. The van der Waals surface area contributed by atoms with E-state index in [0.29, 0.717) is 49.6 Å². The number of fused-ring (bicyclic) bond motifs is 4. The molecule has 2 N–H and O–H groups in total. The molecule has 2 heterocycles. The monoisotopic (exact) mass is 434 g/mol. The van der Waals surface area contributed by atoms with E-state index in [9.17, 15) is 9.59 Å². The quantitative estimate of drug-likeness (QED) is 0.362. The first kappa shape index (κ1) is 19.1. The van der Waals surface area contributed by atoms with Crippen LogP contribution < -0.4 is 20.3 Å². The Morgan fingerprint density at radius 3 is 1.79 bits per heavy atom. The van der Waals surface area contributed by atoms with Crippen LogP contribution in [0.1, 0.15) is 0 Å². The molecule has 6 nitrogen and oxygen atoms in total. The van der Waals surface area contributed by atoms with Gasteiger partial charge in [0.25, 0.3) is 0 Å². The Balaban J connectivity index is 1.53. The van der Waals surface area contributed by atoms with E-state index in [4.69, 9.17) is 9.47 Å². The molecular weight excluding hydrogens is 416 g/mol. The molecule has 0 spiro atoms. The van der Waals surface area contributed by atoms with Crippen LogP contribution in [0.15, 0.2) is 88.5 Å². The predicted molar refractivity (Wildman–Crippen MR) is 131 cm³/mol. The van der Waals surface area contributed by atoms with Gasteiger partial charge in [0.1, 0.15) is 17.2 Å². The van der Waals surface area contributed by atoms with Gasteiger partial charge in [0, 0.05) is 27.1 Å². The highest BCUT2D eigenvalue weighted by molar-refractivity contribution is 6.02. The number of methoxy groups -OCH3 is 1. The fraction of sp³-hybridized carbons (Fsp3) is 0.0370. The van der Waals surface area contributed by atoms with Crippen molar-refractivity contribution >= 4 is 43.6 Å². The number of para-hydroxylation sites is 1. The molecule has 6 aromatic rings. The summed E-state index contributed by atoms with van der Waals surface area (Å²) in [5.41, 5.74) is 2.46. The van der Waals surface area contributed by atoms with E-state index in [1.165, 1.54) is 0 Å². The maximum atomic E-state index is 13.4. The van der Waals surface area contributed by atoms with E-state index >= 15 is 0 Å². The lowest BCUT2D eigenvalue weighted by molar-refractivity contribution is 0.413. The molecule has 0 saturated carbocycles. The van der Waals surface area contributed by atoms with Crippen LogP contribution in [-0.4, -0.2) is 17.1 Å². The van der Waals surface area contributed by atoms with Crippen molar-refractivity contribution in [2.24, 2.45) is 0 Å². The Kier molecular flexibility index (Phi) is 4.20. The summed E-state index contributed by atoms with van der Waals surface area (Å²) in [6.45, 7) is 0. The number of H-pyrrole nitrogens is 2. The third-order valence-electron chi connectivity index (χ3n) is 5.89. The molecular formula is C27H18N2O4. The smallest absolute Gasteiger partial charge is 0.197 e. The lowest BCUT2D eigenvalue weighted by Gasteiger charge is -2.09. The lowest BCUT2D eigenvalue weighted by Crippen LogP contribution is -2.08. The van der Waals surface area contributed by atoms with Gasteiger partial charge in [-0.1, -0.05) is 12.1 Å². The number of aromatic amines is 2. The minimum atomic E-state index is -0.130. The molecule has 0 fully saturated rings. The SMILES string of the molecule is COc1ccc(Oc2ccc3[nH]c4cc5c(=O)c6ccccc6[nH]c5cc4c(=O)c3c2)cc1. The van der Waals surface area contributed by atoms with Gasteiger partial charge in [0.15, 0.2) is 10.9 Å². The Morgan fingerprint density at radius 2 is 1.09 bits per heavy atom. The molecule has 0 aliphatic heterocycles. The predicted octanol–water partition coefficient (Wildman–Crippen LogP) is 5.48. The number of nitrogens with one attached hydrogen (secondary N) is 2. The van der Waals surface area contributed by atoms with Crippen molar-refractivity contribution in [2.45, 2.75) is 0 Å². The van der Waals surface area contributed by atoms with Crippen molar-refractivity contribution in [1.29, 1.82) is 0 Å². The van der Waals surface area contributed by atoms with Gasteiger partial charge in [-0.25, -0.2) is 0 Å². The summed E-state index contributed by atoms with van der Waals surface area (Å²) in [7, 11) is 1.61. The van der Waals surface area contributed by atoms with Crippen LogP contribution in [0.4, 0.5) is 0 Å². The first-order valence-corrected chi connectivity index (χ1v) is 10.5. The average molecular weight is 434 g/mol. The van der Waals surface area contributed by atoms with Crippen LogP contribution in [0.2, 0.25) is 0 Å². The molecule has 0 aliphatic rings. The van der Waals surface area contributed by atoms with E-state index in [1.54, 1.807) is 49.6 Å². The topological polar surface area (TPSA) is 84.2 Å². The summed E-state index contributed by atoms with van der Waals surface area (Å²) in [4.78, 5) is 33.0. The molecule has 0 unspecified atom stereocenters. The number of ether oxygens (including phenoxy) is 2. The van der Waals surface area contributed by atoms with Gasteiger partial charge in [-0.2, -0.15) is 0 Å². The molecule has 160 valence electrons. The zero-order valence-electron chi connectivity index (χ0n) is 17.6. The van der Waals surface area contributed by atoms with Gasteiger partial charge in [-0.05, 0) is 66.7 Å². The second kappa shape index (κ2) is 7.24. The number of aromatic nitrogens is 2. The van der Waals surface area contributed by atoms with Gasteiger partial charge in [0.05, 0.1) is 23.7 Å². The minimum Gasteiger partial charge on any atom is -0.497 e. The van der Waals surface area contributed by atoms with Gasteiger partial charge in [-0.15, -0.1) is 0 Å². The first-order valence-electron chi connectivity index (χ1n) is 10.5. The van der Waals surface area contributed by atoms with E-state index in [-0.39, 0.29) is 10.9 Å². The zero-order valence-corrected chi connectivity index (χ0v) is 17.6. The fourth-order valence-corrected chi connectivity index (χ4v) is 4.22. The summed E-state index contributed by atoms with van der Waals surface area (Å²) in [6, 6.07) is 23.4. The average Bonchev–Trinajstić information content (AvgIpc) is 2.85. The van der Waals surface area contributed by atoms with Gasteiger partial charge in [-0.3, -0.25) is 9.59 Å². The molecule has 6 rings (SSSR count). The zero-order chi connectivity index (χ0) is 22.5. The van der Waals surface area contributed by atoms with E-state index in [0.717, 1.165) is 11.3 Å². The third-order valence-corrected chi connectivity index (χ3v) is 5.89. The van der Waals surface area contributed by atoms with Crippen molar-refractivity contribution in [3.63, 3.8) is 0 Å². The van der Waals surface area contributed by atoms with Crippen molar-refractivity contribution in [2.75, 3.05) is 7.11 Å². The van der Waals surface area contributed by atoms with Crippen LogP contribution in [-0.2, 0) is 0 Å². The number of hydrogen-bond donors (Lipinski definition) is 2. The molecule has 0 bridgehead atoms. The summed E-state index contributed by atoms with van der Waals surface area (Å²) in [6.07, 6.45) is 0. The lowest BCUT2D eigenvalue weighted by atomic mass is 10.1. The van der Waals surface area contributed by atoms with Crippen LogP contribution in [0.3, 0.4) is 0 Å². The minimum absolute atomic E-state index is 0.0644. The Morgan fingerprint density at radius 1 is 0.545 bits per heavy atom. The summed E-state index contributed by atoms with van der Waals surface area (Å²) < 4.78 is 11.1. The fourth-order valence-electron chi connectivity index (χ4n) is 4.22. The molecule has 0 aliphatic carbocycles. The highest BCUT2D eigenvalue weighted by Gasteiger charge is 2.12. The van der Waals surface area contributed by atoms with E-state index < -0.39 is 0 Å². The maximum absolute atomic E-state index is 13.4. The van der Waals surface area contributed by atoms with Crippen molar-refractivity contribution in [3.05, 3.63) is 99.3 Å². The van der Waals surface area contributed by atoms with Crippen molar-refractivity contribution in [3.8, 4) is 17.2 Å². The van der Waals surface area contributed by atoms with Crippen molar-refractivity contribution in [1.82, 2.24) is 9.97 Å². The standard InChI is InChI=1S/C27H18N2O4/c1-32-15-6-8-16(9-7-15)33-17-10-11-23-19(12-17)27(31)21-14-24-20(13-25(21)29-23)26(30)18-4-2-3-5-22(18)28-24/h2-14H,1H3,(H,28,30)(H,29,31). The van der Waals surface area contributed by atoms with Crippen molar-refractivity contribution < 1.29 is 9.47 Å². The second-order valence-corrected chi connectivity index (χ2v) is 7.88. The van der Waals surface area contributed by atoms with Crippen LogP contribution in [0.25, 0.3) is 43.6 Å². The number of pyridine rings is 2. The first-order chi connectivity index (χ1) is 16.1. The normalized spacial score (nSPS) is 11.4. The largest absolute Gasteiger partial charge is 0.497 e. The Labute approximate surface area is 187 Å². The number of hydrogen-bond acceptors (Lipinski definition) is 4. The summed E-state index contributed by atoms with van der Waals surface area (Å²) in [5, 5.41) is 2.17. The van der Waals surface area contributed by atoms with Crippen LogP contribution in [0, 0.1) is 0 Å². The van der Waals surface area contributed by atoms with Gasteiger partial charge in [0.2, 0.25) is 0 Å². The van der Waals surface area contributed by atoms with Gasteiger partial charge >= 0.3 is 0 Å². The molecule has 4 aromatic carbocycles. The third kappa shape index (κ3) is 3.11. The van der Waals surface area contributed by atoms with Gasteiger partial charge < -0.3 is 19.4 Å². The summed E-state index contributed by atoms with van der Waals surface area (Å²) in [5.74, 6) is 1.93. The van der Waals surface area contributed by atoms with Crippen LogP contribution in [0.5, 0.6) is 17.2 Å². The van der Waals surface area contributed by atoms with E-state index in [1.807, 2.05) is 36.4 Å². The summed E-state index contributed by atoms with van der Waals surface area (Å²) >= 11 is 0. The number of benzene rings is 4. The second-order valence-electron chi connectivity index (χ2n) is 7.88. The molecule has 0 saturated heterocycles. The molecule has 2 aromatic heterocycles. The molecule has 0 atom stereocenters. The highest BCUT2D eigenvalue weighted by Crippen LogP contribution is 2.27. The maximum Gasteiger partial charge on any atom is 0.197 e. The number of rotatable bonds is 3. The Hall–Kier alpha value is -4.58. The highest BCUT2D eigenvalue weighted by atomic mass is 16.5. The van der Waals surface area contributed by atoms with E-state index in [2.05, 4.69) is 9.97 Å². The molecule has 33 heavy (non-hydrogen) atoms.